The quantitative estimate of drug-likeness (QED) is 0.705. The van der Waals surface area contributed by atoms with E-state index in [1.165, 1.54) is 0 Å². The summed E-state index contributed by atoms with van der Waals surface area (Å²) in [5, 5.41) is 6.11. The van der Waals surface area contributed by atoms with Crippen LogP contribution in [0.4, 0.5) is 0 Å². The zero-order valence-electron chi connectivity index (χ0n) is 11.3. The van der Waals surface area contributed by atoms with E-state index in [2.05, 4.69) is 10.6 Å². The molecule has 0 radical (unpaired) electrons. The molecule has 2 rings (SSSR count). The number of nitrogens with zero attached hydrogens (tertiary/aromatic N) is 1. The molecule has 0 saturated carbocycles. The van der Waals surface area contributed by atoms with Gasteiger partial charge in [-0.2, -0.15) is 0 Å². The lowest BCUT2D eigenvalue weighted by Gasteiger charge is -2.26. The Kier molecular flexibility index (Phi) is 5.60. The lowest BCUT2D eigenvalue weighted by Crippen LogP contribution is -2.42. The van der Waals surface area contributed by atoms with E-state index in [0.717, 1.165) is 19.4 Å². The van der Waals surface area contributed by atoms with Crippen molar-refractivity contribution in [2.75, 3.05) is 39.4 Å². The Bertz CT molecular complexity index is 310. The summed E-state index contributed by atoms with van der Waals surface area (Å²) in [7, 11) is 0. The summed E-state index contributed by atoms with van der Waals surface area (Å²) >= 11 is 0. The Labute approximate surface area is 113 Å². The number of hydrogen-bond donors (Lipinski definition) is 2. The first kappa shape index (κ1) is 14.3. The molecule has 0 bridgehead atoms. The minimum absolute atomic E-state index is 0.0363. The maximum Gasteiger partial charge on any atom is 0.224 e. The zero-order valence-corrected chi connectivity index (χ0v) is 11.3. The number of morpholine rings is 1. The highest BCUT2D eigenvalue weighted by atomic mass is 16.5. The van der Waals surface area contributed by atoms with E-state index >= 15 is 0 Å². The third-order valence-corrected chi connectivity index (χ3v) is 3.62. The summed E-state index contributed by atoms with van der Waals surface area (Å²) in [6.45, 7) is 4.00. The van der Waals surface area contributed by atoms with Gasteiger partial charge in [-0.1, -0.05) is 0 Å². The van der Waals surface area contributed by atoms with E-state index in [1.54, 1.807) is 4.90 Å². The maximum atomic E-state index is 11.8. The normalized spacial score (nSPS) is 23.4. The molecule has 2 heterocycles. The molecule has 2 aliphatic rings. The number of ether oxygens (including phenoxy) is 1. The van der Waals surface area contributed by atoms with Crippen LogP contribution in [0, 0.1) is 0 Å². The van der Waals surface area contributed by atoms with E-state index in [1.807, 2.05) is 0 Å². The van der Waals surface area contributed by atoms with Crippen LogP contribution in [0.2, 0.25) is 0 Å². The third-order valence-electron chi connectivity index (χ3n) is 3.62. The first-order valence-corrected chi connectivity index (χ1v) is 7.11. The molecular formula is C13H23N3O3. The summed E-state index contributed by atoms with van der Waals surface area (Å²) in [6.07, 6.45) is 3.11. The minimum atomic E-state index is 0.0363. The molecule has 0 aromatic rings. The van der Waals surface area contributed by atoms with Crippen molar-refractivity contribution in [2.24, 2.45) is 0 Å². The smallest absolute Gasteiger partial charge is 0.224 e. The second kappa shape index (κ2) is 7.45. The van der Waals surface area contributed by atoms with E-state index in [0.29, 0.717) is 51.7 Å². The summed E-state index contributed by atoms with van der Waals surface area (Å²) in [5.41, 5.74) is 0. The lowest BCUT2D eigenvalue weighted by molar-refractivity contribution is -0.135. The van der Waals surface area contributed by atoms with E-state index < -0.39 is 0 Å². The van der Waals surface area contributed by atoms with Crippen molar-refractivity contribution in [3.05, 3.63) is 0 Å². The number of hydrogen-bond acceptors (Lipinski definition) is 4. The highest BCUT2D eigenvalue weighted by molar-refractivity contribution is 5.79. The van der Waals surface area contributed by atoms with Gasteiger partial charge in [0, 0.05) is 38.5 Å². The second-order valence-electron chi connectivity index (χ2n) is 5.09. The SMILES string of the molecule is O=C(CC1CCCN1)NCCC(=O)N1CCOCC1. The van der Waals surface area contributed by atoms with Crippen LogP contribution in [0.3, 0.4) is 0 Å². The van der Waals surface area contributed by atoms with Gasteiger partial charge in [-0.15, -0.1) is 0 Å². The predicted molar refractivity (Wildman–Crippen MR) is 70.7 cm³/mol. The summed E-state index contributed by atoms with van der Waals surface area (Å²) in [5.74, 6) is 0.136. The van der Waals surface area contributed by atoms with Crippen molar-refractivity contribution in [1.82, 2.24) is 15.5 Å². The molecule has 0 aromatic carbocycles. The van der Waals surface area contributed by atoms with Gasteiger partial charge >= 0.3 is 0 Å². The first-order valence-electron chi connectivity index (χ1n) is 7.11. The van der Waals surface area contributed by atoms with Crippen molar-refractivity contribution in [1.29, 1.82) is 0 Å². The highest BCUT2D eigenvalue weighted by Crippen LogP contribution is 2.08. The van der Waals surface area contributed by atoms with Crippen LogP contribution in [0.25, 0.3) is 0 Å². The fourth-order valence-electron chi connectivity index (χ4n) is 2.51. The Morgan fingerprint density at radius 1 is 1.32 bits per heavy atom. The molecular weight excluding hydrogens is 246 g/mol. The largest absolute Gasteiger partial charge is 0.378 e. The second-order valence-corrected chi connectivity index (χ2v) is 5.09. The molecule has 0 spiro atoms. The Hall–Kier alpha value is -1.14. The minimum Gasteiger partial charge on any atom is -0.378 e. The van der Waals surface area contributed by atoms with E-state index in [4.69, 9.17) is 4.74 Å². The zero-order chi connectivity index (χ0) is 13.5. The Morgan fingerprint density at radius 3 is 2.79 bits per heavy atom. The Morgan fingerprint density at radius 2 is 2.11 bits per heavy atom. The molecule has 0 aromatic heterocycles. The van der Waals surface area contributed by atoms with Gasteiger partial charge in [0.25, 0.3) is 0 Å². The van der Waals surface area contributed by atoms with E-state index in [9.17, 15) is 9.59 Å². The van der Waals surface area contributed by atoms with Gasteiger partial charge < -0.3 is 20.3 Å². The number of amides is 2. The van der Waals surface area contributed by atoms with Crippen molar-refractivity contribution in [3.8, 4) is 0 Å². The third kappa shape index (κ3) is 4.80. The molecule has 1 atom stereocenters. The van der Waals surface area contributed by atoms with Crippen LogP contribution in [-0.4, -0.2) is 62.1 Å². The van der Waals surface area contributed by atoms with Crippen LogP contribution < -0.4 is 10.6 Å². The van der Waals surface area contributed by atoms with Gasteiger partial charge in [0.1, 0.15) is 0 Å². The molecule has 2 fully saturated rings. The average Bonchev–Trinajstić information content (AvgIpc) is 2.92. The van der Waals surface area contributed by atoms with Gasteiger partial charge in [0.05, 0.1) is 13.2 Å². The van der Waals surface area contributed by atoms with Gasteiger partial charge in [-0.3, -0.25) is 9.59 Å². The molecule has 108 valence electrons. The summed E-state index contributed by atoms with van der Waals surface area (Å²) in [6, 6.07) is 0.315. The van der Waals surface area contributed by atoms with Crippen molar-refractivity contribution < 1.29 is 14.3 Å². The molecule has 2 aliphatic heterocycles. The van der Waals surface area contributed by atoms with Crippen molar-refractivity contribution in [2.45, 2.75) is 31.7 Å². The van der Waals surface area contributed by atoms with Crippen LogP contribution in [0.5, 0.6) is 0 Å². The molecule has 2 N–H and O–H groups in total. The maximum absolute atomic E-state index is 11.8. The molecule has 1 unspecified atom stereocenters. The number of carbonyl (C=O) groups excluding carboxylic acids is 2. The van der Waals surface area contributed by atoms with Crippen LogP contribution >= 0.6 is 0 Å². The average molecular weight is 269 g/mol. The van der Waals surface area contributed by atoms with Crippen LogP contribution in [0.15, 0.2) is 0 Å². The first-order chi connectivity index (χ1) is 9.25. The number of rotatable bonds is 5. The van der Waals surface area contributed by atoms with Crippen molar-refractivity contribution >= 4 is 11.8 Å². The fourth-order valence-corrected chi connectivity index (χ4v) is 2.51. The lowest BCUT2D eigenvalue weighted by atomic mass is 10.1. The fraction of sp³-hybridized carbons (Fsp3) is 0.846. The van der Waals surface area contributed by atoms with Crippen molar-refractivity contribution in [3.63, 3.8) is 0 Å². The highest BCUT2D eigenvalue weighted by Gasteiger charge is 2.19. The number of nitrogens with one attached hydrogen (secondary N) is 2. The summed E-state index contributed by atoms with van der Waals surface area (Å²) < 4.78 is 5.20. The molecule has 2 amide bonds. The Balaban J connectivity index is 1.57. The molecule has 2 saturated heterocycles. The predicted octanol–water partition coefficient (Wildman–Crippen LogP) is -0.506. The van der Waals surface area contributed by atoms with Crippen LogP contribution in [0.1, 0.15) is 25.7 Å². The molecule has 6 nitrogen and oxygen atoms in total. The van der Waals surface area contributed by atoms with Crippen LogP contribution in [-0.2, 0) is 14.3 Å². The topological polar surface area (TPSA) is 70.7 Å². The standard InChI is InChI=1S/C13H23N3O3/c17-12(10-11-2-1-4-14-11)15-5-3-13(18)16-6-8-19-9-7-16/h11,14H,1-10H2,(H,15,17). The van der Waals surface area contributed by atoms with Gasteiger partial charge in [0.15, 0.2) is 0 Å². The molecule has 6 heteroatoms. The van der Waals surface area contributed by atoms with Gasteiger partial charge in [0.2, 0.25) is 11.8 Å². The molecule has 0 aliphatic carbocycles. The van der Waals surface area contributed by atoms with Gasteiger partial charge in [-0.25, -0.2) is 0 Å². The summed E-state index contributed by atoms with van der Waals surface area (Å²) in [4.78, 5) is 25.3. The number of carbonyl (C=O) groups is 2. The molecule has 19 heavy (non-hydrogen) atoms. The monoisotopic (exact) mass is 269 g/mol. The van der Waals surface area contributed by atoms with E-state index in [-0.39, 0.29) is 11.8 Å². The van der Waals surface area contributed by atoms with Gasteiger partial charge in [-0.05, 0) is 19.4 Å².